The molecule has 0 bridgehead atoms. The van der Waals surface area contributed by atoms with Crippen LogP contribution in [0.5, 0.6) is 0 Å². The molecule has 33 heavy (non-hydrogen) atoms. The predicted molar refractivity (Wildman–Crippen MR) is 110 cm³/mol. The van der Waals surface area contributed by atoms with Crippen molar-refractivity contribution in [3.8, 4) is 11.6 Å². The van der Waals surface area contributed by atoms with E-state index in [9.17, 15) is 22.4 Å². The van der Waals surface area contributed by atoms with Crippen molar-refractivity contribution in [3.05, 3.63) is 64.0 Å². The number of carbonyl (C=O) groups is 1. The number of aromatic nitrogens is 7. The Morgan fingerprint density at radius 3 is 2.48 bits per heavy atom. The highest BCUT2D eigenvalue weighted by Crippen LogP contribution is 2.34. The number of nitrogens with zero attached hydrogens (tertiary/aromatic N) is 7. The zero-order valence-electron chi connectivity index (χ0n) is 16.5. The second-order valence-electron chi connectivity index (χ2n) is 6.55. The number of anilines is 2. The van der Waals surface area contributed by atoms with E-state index in [0.29, 0.717) is 20.7 Å². The molecule has 0 aliphatic heterocycles. The van der Waals surface area contributed by atoms with Gasteiger partial charge >= 0.3 is 6.18 Å². The van der Waals surface area contributed by atoms with E-state index in [1.807, 2.05) is 0 Å². The zero-order chi connectivity index (χ0) is 23.9. The van der Waals surface area contributed by atoms with Crippen molar-refractivity contribution in [2.24, 2.45) is 0 Å². The summed E-state index contributed by atoms with van der Waals surface area (Å²) in [5.41, 5.74) is 3.62. The number of pyridine rings is 2. The molecule has 0 aliphatic carbocycles. The molecular formula is C18H12BrF4N9O. The fourth-order valence-electron chi connectivity index (χ4n) is 2.88. The minimum Gasteiger partial charge on any atom is -0.381 e. The lowest BCUT2D eigenvalue weighted by atomic mass is 10.2. The van der Waals surface area contributed by atoms with Crippen LogP contribution in [0.3, 0.4) is 0 Å². The number of alkyl halides is 3. The minimum atomic E-state index is -4.99. The molecule has 10 nitrogen and oxygen atoms in total. The number of aryl methyl sites for hydroxylation is 1. The van der Waals surface area contributed by atoms with Gasteiger partial charge in [-0.05, 0) is 41.1 Å². The maximum Gasteiger partial charge on any atom is 0.434 e. The van der Waals surface area contributed by atoms with Crippen LogP contribution in [-0.4, -0.2) is 40.6 Å². The molecule has 0 aromatic carbocycles. The van der Waals surface area contributed by atoms with Crippen LogP contribution >= 0.6 is 15.9 Å². The van der Waals surface area contributed by atoms with Crippen molar-refractivity contribution in [1.82, 2.24) is 34.7 Å². The smallest absolute Gasteiger partial charge is 0.381 e. The molecule has 0 saturated heterocycles. The molecule has 0 atom stereocenters. The van der Waals surface area contributed by atoms with Crippen LogP contribution < -0.4 is 11.1 Å². The van der Waals surface area contributed by atoms with Crippen LogP contribution in [0, 0.1) is 12.7 Å². The van der Waals surface area contributed by atoms with Gasteiger partial charge in [-0.1, -0.05) is 0 Å². The third-order valence-corrected chi connectivity index (χ3v) is 4.95. The summed E-state index contributed by atoms with van der Waals surface area (Å²) >= 11 is 3.28. The SMILES string of the molecule is Cc1nc(-n2nccn2)c(Br)cc1NC(=O)c1cnn(-c2ccc(F)c(N)n2)c1C(F)(F)F. The Balaban J connectivity index is 1.71. The minimum absolute atomic E-state index is 0.146. The Morgan fingerprint density at radius 2 is 1.85 bits per heavy atom. The predicted octanol–water partition coefficient (Wildman–Crippen LogP) is 3.31. The van der Waals surface area contributed by atoms with Gasteiger partial charge in [0.1, 0.15) is 0 Å². The molecule has 4 heterocycles. The second-order valence-corrected chi connectivity index (χ2v) is 7.41. The van der Waals surface area contributed by atoms with E-state index in [2.05, 4.69) is 46.5 Å². The van der Waals surface area contributed by atoms with E-state index in [1.54, 1.807) is 6.92 Å². The summed E-state index contributed by atoms with van der Waals surface area (Å²) in [4.78, 5) is 21.9. The van der Waals surface area contributed by atoms with Gasteiger partial charge < -0.3 is 11.1 Å². The molecular weight excluding hydrogens is 514 g/mol. The first kappa shape index (κ1) is 22.3. The summed E-state index contributed by atoms with van der Waals surface area (Å²) in [7, 11) is 0. The molecule has 170 valence electrons. The summed E-state index contributed by atoms with van der Waals surface area (Å²) in [6, 6.07) is 3.27. The molecule has 1 amide bonds. The number of amides is 1. The molecule has 4 rings (SSSR count). The standard InChI is InChI=1S/C18H12BrF4N9O/c1-8-12(6-10(19)16(28-8)32-25-4-5-26-32)29-17(33)9-7-27-31(14(9)18(21,22)23)13-3-2-11(20)15(24)30-13/h2-7H,1H3,(H2,24,30)(H,29,33). The average molecular weight is 526 g/mol. The number of carbonyl (C=O) groups excluding carboxylic acids is 1. The fraction of sp³-hybridized carbons (Fsp3) is 0.111. The fourth-order valence-corrected chi connectivity index (χ4v) is 3.35. The van der Waals surface area contributed by atoms with Crippen molar-refractivity contribution in [2.45, 2.75) is 13.1 Å². The summed E-state index contributed by atoms with van der Waals surface area (Å²) in [5.74, 6) is -2.69. The van der Waals surface area contributed by atoms with E-state index in [4.69, 9.17) is 5.73 Å². The van der Waals surface area contributed by atoms with E-state index < -0.39 is 40.8 Å². The molecule has 0 aliphatic rings. The lowest BCUT2D eigenvalue weighted by Crippen LogP contribution is -2.21. The number of nitrogens with one attached hydrogen (secondary N) is 1. The van der Waals surface area contributed by atoms with Gasteiger partial charge in [-0.2, -0.15) is 28.5 Å². The average Bonchev–Trinajstić information content (AvgIpc) is 3.42. The molecule has 3 N–H and O–H groups in total. The number of rotatable bonds is 4. The van der Waals surface area contributed by atoms with Crippen molar-refractivity contribution in [1.29, 1.82) is 0 Å². The van der Waals surface area contributed by atoms with Gasteiger partial charge in [0.05, 0.1) is 40.0 Å². The van der Waals surface area contributed by atoms with Gasteiger partial charge in [0.25, 0.3) is 5.91 Å². The van der Waals surface area contributed by atoms with Crippen LogP contribution in [0.1, 0.15) is 21.7 Å². The molecule has 4 aromatic heterocycles. The van der Waals surface area contributed by atoms with Crippen LogP contribution in [0.25, 0.3) is 11.6 Å². The normalized spacial score (nSPS) is 11.6. The van der Waals surface area contributed by atoms with E-state index in [-0.39, 0.29) is 5.69 Å². The number of nitrogens with two attached hydrogens (primary N) is 1. The summed E-state index contributed by atoms with van der Waals surface area (Å²) in [5, 5.41) is 13.9. The van der Waals surface area contributed by atoms with Gasteiger partial charge in [-0.3, -0.25) is 4.79 Å². The molecule has 4 aromatic rings. The van der Waals surface area contributed by atoms with E-state index in [0.717, 1.165) is 18.3 Å². The highest BCUT2D eigenvalue weighted by Gasteiger charge is 2.41. The van der Waals surface area contributed by atoms with Gasteiger partial charge in [-0.25, -0.2) is 19.0 Å². The summed E-state index contributed by atoms with van der Waals surface area (Å²) < 4.78 is 55.7. The van der Waals surface area contributed by atoms with Crippen molar-refractivity contribution >= 4 is 33.3 Å². The number of halogens is 5. The van der Waals surface area contributed by atoms with Crippen LogP contribution in [0.15, 0.2) is 41.3 Å². The van der Waals surface area contributed by atoms with Crippen LogP contribution in [0.2, 0.25) is 0 Å². The topological polar surface area (TPSA) is 129 Å². The van der Waals surface area contributed by atoms with Gasteiger partial charge in [0.15, 0.2) is 29.0 Å². The lowest BCUT2D eigenvalue weighted by molar-refractivity contribution is -0.143. The number of nitrogen functional groups attached to an aromatic ring is 1. The molecule has 0 unspecified atom stereocenters. The largest absolute Gasteiger partial charge is 0.434 e. The zero-order valence-corrected chi connectivity index (χ0v) is 18.1. The van der Waals surface area contributed by atoms with Crippen molar-refractivity contribution in [2.75, 3.05) is 11.1 Å². The molecule has 0 saturated carbocycles. The third kappa shape index (κ3) is 4.26. The Bertz CT molecular complexity index is 1350. The second kappa shape index (κ2) is 8.23. The Kier molecular flexibility index (Phi) is 5.57. The van der Waals surface area contributed by atoms with Crippen LogP contribution in [0.4, 0.5) is 29.1 Å². The molecule has 0 radical (unpaired) electrons. The lowest BCUT2D eigenvalue weighted by Gasteiger charge is -2.14. The third-order valence-electron chi connectivity index (χ3n) is 4.36. The monoisotopic (exact) mass is 525 g/mol. The summed E-state index contributed by atoms with van der Waals surface area (Å²) in [6.45, 7) is 1.55. The van der Waals surface area contributed by atoms with E-state index in [1.165, 1.54) is 23.3 Å². The van der Waals surface area contributed by atoms with Crippen LogP contribution in [-0.2, 0) is 6.18 Å². The van der Waals surface area contributed by atoms with Gasteiger partial charge in [0, 0.05) is 0 Å². The number of hydrogen-bond acceptors (Lipinski definition) is 7. The van der Waals surface area contributed by atoms with Gasteiger partial charge in [0.2, 0.25) is 0 Å². The Hall–Kier alpha value is -3.88. The molecule has 0 spiro atoms. The molecule has 0 fully saturated rings. The maximum absolute atomic E-state index is 13.8. The Labute approximate surface area is 190 Å². The first-order valence-electron chi connectivity index (χ1n) is 8.99. The van der Waals surface area contributed by atoms with E-state index >= 15 is 0 Å². The summed E-state index contributed by atoms with van der Waals surface area (Å²) in [6.07, 6.45) is -1.37. The highest BCUT2D eigenvalue weighted by atomic mass is 79.9. The number of hydrogen-bond donors (Lipinski definition) is 2. The maximum atomic E-state index is 13.8. The Morgan fingerprint density at radius 1 is 1.15 bits per heavy atom. The van der Waals surface area contributed by atoms with Crippen molar-refractivity contribution in [3.63, 3.8) is 0 Å². The van der Waals surface area contributed by atoms with Crippen molar-refractivity contribution < 1.29 is 22.4 Å². The quantitative estimate of drug-likeness (QED) is 0.391. The highest BCUT2D eigenvalue weighted by molar-refractivity contribution is 9.10. The molecule has 15 heteroatoms. The first-order valence-corrected chi connectivity index (χ1v) is 9.78. The van der Waals surface area contributed by atoms with Gasteiger partial charge in [-0.15, -0.1) is 4.80 Å². The first-order chi connectivity index (χ1) is 15.6.